The average Bonchev–Trinajstić information content (AvgIpc) is 3.11. The van der Waals surface area contributed by atoms with Crippen LogP contribution in [0.5, 0.6) is 0 Å². The molecule has 102 valence electrons. The number of hydrogen-bond acceptors (Lipinski definition) is 3. The van der Waals surface area contributed by atoms with Gasteiger partial charge in [0, 0.05) is 27.1 Å². The summed E-state index contributed by atoms with van der Waals surface area (Å²) in [6.07, 6.45) is 0. The van der Waals surface area contributed by atoms with Crippen molar-refractivity contribution in [3.63, 3.8) is 0 Å². The number of nitrogens with zero attached hydrogens (tertiary/aromatic N) is 2. The number of nitrogen functional groups attached to an aromatic ring is 1. The first-order chi connectivity index (χ1) is 10.3. The molecule has 0 aliphatic rings. The van der Waals surface area contributed by atoms with E-state index in [2.05, 4.69) is 34.7 Å². The van der Waals surface area contributed by atoms with Gasteiger partial charge in [-0.1, -0.05) is 36.4 Å². The van der Waals surface area contributed by atoms with E-state index in [-0.39, 0.29) is 0 Å². The van der Waals surface area contributed by atoms with E-state index in [9.17, 15) is 0 Å². The topological polar surface area (TPSA) is 43.8 Å². The van der Waals surface area contributed by atoms with Crippen LogP contribution in [-0.2, 0) is 0 Å². The number of aromatic nitrogens is 2. The quantitative estimate of drug-likeness (QED) is 0.597. The number of para-hydroxylation sites is 1. The Kier molecular flexibility index (Phi) is 2.75. The van der Waals surface area contributed by atoms with Gasteiger partial charge in [0.15, 0.2) is 0 Å². The lowest BCUT2D eigenvalue weighted by molar-refractivity contribution is 0.896. The van der Waals surface area contributed by atoms with Crippen molar-refractivity contribution in [2.75, 3.05) is 5.73 Å². The minimum absolute atomic E-state index is 0.645. The maximum atomic E-state index is 6.13. The summed E-state index contributed by atoms with van der Waals surface area (Å²) in [6, 6.07) is 20.2. The van der Waals surface area contributed by atoms with Crippen LogP contribution in [0.2, 0.25) is 0 Å². The van der Waals surface area contributed by atoms with Crippen LogP contribution in [0.15, 0.2) is 66.0 Å². The van der Waals surface area contributed by atoms with E-state index >= 15 is 0 Å². The molecule has 2 heterocycles. The normalized spacial score (nSPS) is 11.0. The molecule has 4 aromatic rings. The molecule has 0 aliphatic heterocycles. The second-order valence-corrected chi connectivity index (χ2v) is 5.76. The Morgan fingerprint density at radius 3 is 2.57 bits per heavy atom. The third-order valence-electron chi connectivity index (χ3n) is 3.49. The van der Waals surface area contributed by atoms with Crippen molar-refractivity contribution in [1.82, 2.24) is 9.78 Å². The Morgan fingerprint density at radius 2 is 1.71 bits per heavy atom. The lowest BCUT2D eigenvalue weighted by Gasteiger charge is -2.02. The molecule has 2 N–H and O–H groups in total. The fourth-order valence-electron chi connectivity index (χ4n) is 2.48. The van der Waals surface area contributed by atoms with Crippen LogP contribution < -0.4 is 5.73 Å². The summed E-state index contributed by atoms with van der Waals surface area (Å²) in [5.74, 6) is 0.645. The molecule has 0 fully saturated rings. The van der Waals surface area contributed by atoms with Gasteiger partial charge < -0.3 is 5.73 Å². The highest BCUT2D eigenvalue weighted by Crippen LogP contribution is 2.34. The molecular weight excluding hydrogens is 278 g/mol. The van der Waals surface area contributed by atoms with Crippen molar-refractivity contribution in [2.24, 2.45) is 0 Å². The average molecular weight is 291 g/mol. The molecule has 21 heavy (non-hydrogen) atoms. The Morgan fingerprint density at radius 1 is 0.952 bits per heavy atom. The number of nitrogens with two attached hydrogens (primary N) is 1. The van der Waals surface area contributed by atoms with E-state index < -0.39 is 0 Å². The highest BCUT2D eigenvalue weighted by Gasteiger charge is 2.12. The molecule has 0 radical (unpaired) electrons. The first-order valence-electron chi connectivity index (χ1n) is 6.70. The first-order valence-corrected chi connectivity index (χ1v) is 7.58. The molecule has 0 spiro atoms. The van der Waals surface area contributed by atoms with Crippen molar-refractivity contribution in [2.45, 2.75) is 0 Å². The van der Waals surface area contributed by atoms with E-state index in [4.69, 9.17) is 5.73 Å². The van der Waals surface area contributed by atoms with Crippen molar-refractivity contribution >= 4 is 27.2 Å². The fourth-order valence-corrected chi connectivity index (χ4v) is 3.43. The van der Waals surface area contributed by atoms with Gasteiger partial charge in [-0.3, -0.25) is 0 Å². The molecule has 0 bridgehead atoms. The zero-order valence-electron chi connectivity index (χ0n) is 11.2. The molecule has 0 amide bonds. The summed E-state index contributed by atoms with van der Waals surface area (Å²) in [6.45, 7) is 0. The van der Waals surface area contributed by atoms with Crippen molar-refractivity contribution in [1.29, 1.82) is 0 Å². The first kappa shape index (κ1) is 12.2. The summed E-state index contributed by atoms with van der Waals surface area (Å²) >= 11 is 1.73. The van der Waals surface area contributed by atoms with Gasteiger partial charge in [0.05, 0.1) is 11.4 Å². The molecule has 2 aromatic heterocycles. The minimum Gasteiger partial charge on any atom is -0.384 e. The molecule has 0 saturated heterocycles. The Hall–Kier alpha value is -2.59. The zero-order valence-corrected chi connectivity index (χ0v) is 12.0. The van der Waals surface area contributed by atoms with Gasteiger partial charge >= 0.3 is 0 Å². The number of benzene rings is 2. The second-order valence-electron chi connectivity index (χ2n) is 4.85. The number of rotatable bonds is 2. The van der Waals surface area contributed by atoms with Gasteiger partial charge in [0.1, 0.15) is 5.82 Å². The van der Waals surface area contributed by atoms with E-state index in [1.165, 1.54) is 10.1 Å². The van der Waals surface area contributed by atoms with E-state index in [0.29, 0.717) is 5.82 Å². The Labute approximate surface area is 126 Å². The second kappa shape index (κ2) is 4.75. The molecular formula is C17H13N3S. The van der Waals surface area contributed by atoms with Gasteiger partial charge in [0.25, 0.3) is 0 Å². The molecule has 4 heteroatoms. The molecule has 3 nitrogen and oxygen atoms in total. The monoisotopic (exact) mass is 291 g/mol. The van der Waals surface area contributed by atoms with Gasteiger partial charge in [-0.2, -0.15) is 5.10 Å². The van der Waals surface area contributed by atoms with Crippen LogP contribution in [0.4, 0.5) is 5.82 Å². The van der Waals surface area contributed by atoms with E-state index in [1.54, 1.807) is 16.0 Å². The van der Waals surface area contributed by atoms with Gasteiger partial charge in [-0.25, -0.2) is 4.68 Å². The lowest BCUT2D eigenvalue weighted by Crippen LogP contribution is -2.00. The molecule has 4 rings (SSSR count). The van der Waals surface area contributed by atoms with Gasteiger partial charge in [0.2, 0.25) is 0 Å². The Balaban J connectivity index is 1.87. The van der Waals surface area contributed by atoms with Crippen LogP contribution in [0.1, 0.15) is 0 Å². The van der Waals surface area contributed by atoms with Crippen LogP contribution >= 0.6 is 11.3 Å². The predicted octanol–water partition coefficient (Wildman–Crippen LogP) is 4.34. The highest BCUT2D eigenvalue weighted by molar-refractivity contribution is 7.17. The summed E-state index contributed by atoms with van der Waals surface area (Å²) in [5.41, 5.74) is 9.15. The largest absolute Gasteiger partial charge is 0.384 e. The van der Waals surface area contributed by atoms with E-state index in [0.717, 1.165) is 16.9 Å². The van der Waals surface area contributed by atoms with Crippen molar-refractivity contribution in [3.8, 4) is 16.9 Å². The molecule has 2 aromatic carbocycles. The molecule has 0 unspecified atom stereocenters. The fraction of sp³-hybridized carbons (Fsp3) is 0. The summed E-state index contributed by atoms with van der Waals surface area (Å²) in [4.78, 5) is 0. The molecule has 0 saturated carbocycles. The third kappa shape index (κ3) is 2.00. The summed E-state index contributed by atoms with van der Waals surface area (Å²) < 4.78 is 3.04. The predicted molar refractivity (Wildman–Crippen MR) is 88.8 cm³/mol. The maximum absolute atomic E-state index is 6.13. The van der Waals surface area contributed by atoms with Crippen LogP contribution in [0.3, 0.4) is 0 Å². The third-order valence-corrected chi connectivity index (χ3v) is 4.46. The lowest BCUT2D eigenvalue weighted by atomic mass is 10.1. The van der Waals surface area contributed by atoms with Crippen LogP contribution in [-0.4, -0.2) is 9.78 Å². The maximum Gasteiger partial charge on any atom is 0.127 e. The number of fused-ring (bicyclic) bond motifs is 1. The van der Waals surface area contributed by atoms with Crippen molar-refractivity contribution < 1.29 is 0 Å². The van der Waals surface area contributed by atoms with Crippen LogP contribution in [0.25, 0.3) is 27.0 Å². The Bertz CT molecular complexity index is 906. The molecule has 0 atom stereocenters. The SMILES string of the molecule is Nc1cc(-c2csc3ccccc23)nn1-c1ccccc1. The smallest absolute Gasteiger partial charge is 0.127 e. The van der Waals surface area contributed by atoms with Gasteiger partial charge in [-0.15, -0.1) is 11.3 Å². The standard InChI is InChI=1S/C17H13N3S/c18-17-10-15(19-20(17)12-6-2-1-3-7-12)14-11-21-16-9-5-4-8-13(14)16/h1-11H,18H2. The zero-order chi connectivity index (χ0) is 14.2. The number of thiophene rings is 1. The summed E-state index contributed by atoms with van der Waals surface area (Å²) in [7, 11) is 0. The highest BCUT2D eigenvalue weighted by atomic mass is 32.1. The molecule has 0 aliphatic carbocycles. The number of anilines is 1. The van der Waals surface area contributed by atoms with Crippen LogP contribution in [0, 0.1) is 0 Å². The summed E-state index contributed by atoms with van der Waals surface area (Å²) in [5, 5.41) is 8.03. The minimum atomic E-state index is 0.645. The number of hydrogen-bond donors (Lipinski definition) is 1. The van der Waals surface area contributed by atoms with Crippen molar-refractivity contribution in [3.05, 3.63) is 66.0 Å². The van der Waals surface area contributed by atoms with Gasteiger partial charge in [-0.05, 0) is 18.2 Å². The van der Waals surface area contributed by atoms with E-state index in [1.807, 2.05) is 36.4 Å².